The number of rotatable bonds is 5. The maximum Gasteiger partial charge on any atom is 0.431 e. The first kappa shape index (κ1) is 28.5. The van der Waals surface area contributed by atoms with Gasteiger partial charge in [0.05, 0.1) is 22.3 Å². The van der Waals surface area contributed by atoms with E-state index in [0.29, 0.717) is 22.2 Å². The number of alkyl halides is 6. The topological polar surface area (TPSA) is 70.0 Å². The maximum atomic E-state index is 14.6. The van der Waals surface area contributed by atoms with Crippen molar-refractivity contribution in [3.05, 3.63) is 83.9 Å². The first-order valence-corrected chi connectivity index (χ1v) is 12.9. The van der Waals surface area contributed by atoms with Crippen LogP contribution in [0.4, 0.5) is 40.8 Å². The fourth-order valence-electron chi connectivity index (χ4n) is 4.17. The van der Waals surface area contributed by atoms with Gasteiger partial charge in [0.25, 0.3) is 5.60 Å². The van der Waals surface area contributed by atoms with Crippen LogP contribution in [0.2, 0.25) is 0 Å². The Bertz CT molecular complexity index is 1520. The molecule has 0 radical (unpaired) electrons. The fourth-order valence-corrected chi connectivity index (χ4v) is 4.84. The predicted octanol–water partition coefficient (Wildman–Crippen LogP) is 6.20. The Morgan fingerprint density at radius 2 is 1.49 bits per heavy atom. The number of anilines is 1. The third kappa shape index (κ3) is 5.22. The highest BCUT2D eigenvalue weighted by Gasteiger charge is 2.74. The monoisotopic (exact) mass is 578 g/mol. The summed E-state index contributed by atoms with van der Waals surface area (Å²) in [5.41, 5.74) is -6.65. The van der Waals surface area contributed by atoms with Crippen molar-refractivity contribution in [2.24, 2.45) is 5.10 Å². The molecule has 0 bridgehead atoms. The Morgan fingerprint density at radius 1 is 0.872 bits per heavy atom. The summed E-state index contributed by atoms with van der Waals surface area (Å²) in [5.74, 6) is -2.35. The Morgan fingerprint density at radius 3 is 2.03 bits per heavy atom. The van der Waals surface area contributed by atoms with Crippen LogP contribution in [-0.4, -0.2) is 43.4 Å². The molecule has 1 aliphatic rings. The molecule has 1 aliphatic heterocycles. The van der Waals surface area contributed by atoms with E-state index in [0.717, 1.165) is 18.4 Å². The largest absolute Gasteiger partial charge is 0.431 e. The van der Waals surface area contributed by atoms with Crippen molar-refractivity contribution in [2.45, 2.75) is 35.3 Å². The van der Waals surface area contributed by atoms with E-state index in [2.05, 4.69) is 5.10 Å². The quantitative estimate of drug-likeness (QED) is 0.366. The summed E-state index contributed by atoms with van der Waals surface area (Å²) in [5, 5.41) is 13.8. The number of hydrogen-bond donors (Lipinski definition) is 1. The molecule has 1 unspecified atom stereocenters. The van der Waals surface area contributed by atoms with E-state index in [1.807, 2.05) is 0 Å². The van der Waals surface area contributed by atoms with E-state index in [1.165, 1.54) is 42.5 Å². The van der Waals surface area contributed by atoms with Crippen molar-refractivity contribution >= 4 is 21.2 Å². The number of sulfone groups is 1. The van der Waals surface area contributed by atoms with Gasteiger partial charge in [0, 0.05) is 18.7 Å². The van der Waals surface area contributed by atoms with Gasteiger partial charge in [-0.1, -0.05) is 36.4 Å². The molecule has 0 spiro atoms. The third-order valence-corrected chi connectivity index (χ3v) is 7.31. The SMILES string of the molecule is CS(=O)(=O)c1cccc(-c2ccc(C3CC(C(O)(C(F)(F)F)C(F)(F)F)=NN3c3ccc(F)cc3F)cc2)c1. The molecule has 0 saturated heterocycles. The zero-order chi connectivity index (χ0) is 29.0. The second kappa shape index (κ2) is 9.59. The van der Waals surface area contributed by atoms with Crippen LogP contribution in [0.25, 0.3) is 11.1 Å². The lowest BCUT2D eigenvalue weighted by molar-refractivity contribution is -0.338. The number of nitrogens with zero attached hydrogens (tertiary/aromatic N) is 2. The number of benzene rings is 3. The summed E-state index contributed by atoms with van der Waals surface area (Å²) in [6.45, 7) is 0. The molecule has 0 fully saturated rings. The van der Waals surface area contributed by atoms with Crippen LogP contribution < -0.4 is 5.01 Å². The van der Waals surface area contributed by atoms with Crippen LogP contribution >= 0.6 is 0 Å². The molecule has 4 rings (SSSR count). The number of hydrogen-bond acceptors (Lipinski definition) is 5. The molecule has 208 valence electrons. The highest BCUT2D eigenvalue weighted by molar-refractivity contribution is 7.90. The van der Waals surface area contributed by atoms with Crippen molar-refractivity contribution < 1.29 is 48.6 Å². The van der Waals surface area contributed by atoms with E-state index in [9.17, 15) is 48.6 Å². The zero-order valence-electron chi connectivity index (χ0n) is 19.7. The lowest BCUT2D eigenvalue weighted by Crippen LogP contribution is -2.62. The van der Waals surface area contributed by atoms with Gasteiger partial charge in [-0.15, -0.1) is 0 Å². The van der Waals surface area contributed by atoms with Crippen molar-refractivity contribution in [2.75, 3.05) is 11.3 Å². The lowest BCUT2D eigenvalue weighted by Gasteiger charge is -2.32. The normalized spacial score (nSPS) is 16.9. The molecule has 14 heteroatoms. The summed E-state index contributed by atoms with van der Waals surface area (Å²) in [7, 11) is -3.54. The third-order valence-electron chi connectivity index (χ3n) is 6.20. The smallest absolute Gasteiger partial charge is 0.369 e. The highest BCUT2D eigenvalue weighted by Crippen LogP contribution is 2.49. The van der Waals surface area contributed by atoms with E-state index >= 15 is 0 Å². The minimum absolute atomic E-state index is 0.0226. The Labute approximate surface area is 216 Å². The molecular weight excluding hydrogens is 560 g/mol. The molecule has 1 N–H and O–H groups in total. The van der Waals surface area contributed by atoms with Gasteiger partial charge in [-0.3, -0.25) is 5.01 Å². The molecule has 1 atom stereocenters. The Hall–Kier alpha value is -3.52. The highest BCUT2D eigenvalue weighted by atomic mass is 32.2. The molecule has 39 heavy (non-hydrogen) atoms. The summed E-state index contributed by atoms with van der Waals surface area (Å²) >= 11 is 0. The summed E-state index contributed by atoms with van der Waals surface area (Å²) in [6.07, 6.45) is -12.5. The second-order valence-corrected chi connectivity index (χ2v) is 10.9. The van der Waals surface area contributed by atoms with E-state index in [4.69, 9.17) is 0 Å². The molecule has 0 saturated carbocycles. The summed E-state index contributed by atoms with van der Waals surface area (Å²) in [6, 6.07) is 11.9. The van der Waals surface area contributed by atoms with Gasteiger partial charge in [0.2, 0.25) is 0 Å². The molecule has 0 amide bonds. The second-order valence-electron chi connectivity index (χ2n) is 8.83. The van der Waals surface area contributed by atoms with Crippen molar-refractivity contribution in [1.82, 2.24) is 0 Å². The van der Waals surface area contributed by atoms with E-state index in [1.54, 1.807) is 6.07 Å². The van der Waals surface area contributed by atoms with Gasteiger partial charge in [-0.25, -0.2) is 17.2 Å². The molecule has 1 heterocycles. The maximum absolute atomic E-state index is 14.6. The van der Waals surface area contributed by atoms with Gasteiger partial charge in [0.1, 0.15) is 5.82 Å². The van der Waals surface area contributed by atoms with E-state index in [-0.39, 0.29) is 10.5 Å². The minimum Gasteiger partial charge on any atom is -0.369 e. The van der Waals surface area contributed by atoms with Crippen LogP contribution in [0.3, 0.4) is 0 Å². The average molecular weight is 578 g/mol. The Kier molecular flexibility index (Phi) is 7.01. The fraction of sp³-hybridized carbons (Fsp3) is 0.240. The van der Waals surface area contributed by atoms with Crippen LogP contribution in [0.15, 0.2) is 76.7 Å². The number of hydrazone groups is 1. The van der Waals surface area contributed by atoms with Gasteiger partial charge < -0.3 is 5.11 Å². The molecule has 3 aromatic carbocycles. The lowest BCUT2D eigenvalue weighted by atomic mass is 9.89. The first-order chi connectivity index (χ1) is 17.9. The molecule has 0 aromatic heterocycles. The Balaban J connectivity index is 1.79. The van der Waals surface area contributed by atoms with E-state index < -0.39 is 63.3 Å². The summed E-state index contributed by atoms with van der Waals surface area (Å²) in [4.78, 5) is 0.0226. The molecular formula is C25H18F8N2O3S. The van der Waals surface area contributed by atoms with Gasteiger partial charge in [0.15, 0.2) is 15.7 Å². The summed E-state index contributed by atoms with van der Waals surface area (Å²) < 4.78 is 133. The van der Waals surface area contributed by atoms with Gasteiger partial charge in [-0.05, 0) is 41.0 Å². The minimum atomic E-state index is -6.21. The standard InChI is InChI=1S/C25H18F8N2O3S/c1-39(37,38)18-4-2-3-16(11-18)14-5-7-15(8-6-14)21-13-22(23(36,24(28,29)30)25(31,32)33)34-35(21)20-10-9-17(26)12-19(20)27/h2-12,21,36H,13H2,1H3. The van der Waals surface area contributed by atoms with Crippen molar-refractivity contribution in [1.29, 1.82) is 0 Å². The zero-order valence-corrected chi connectivity index (χ0v) is 20.5. The number of halogens is 8. The van der Waals surface area contributed by atoms with Crippen LogP contribution in [0.1, 0.15) is 18.0 Å². The number of aliphatic hydroxyl groups is 1. The average Bonchev–Trinajstić information content (AvgIpc) is 3.27. The molecule has 3 aromatic rings. The van der Waals surface area contributed by atoms with Crippen molar-refractivity contribution in [3.8, 4) is 11.1 Å². The van der Waals surface area contributed by atoms with Crippen LogP contribution in [-0.2, 0) is 9.84 Å². The molecule has 0 aliphatic carbocycles. The van der Waals surface area contributed by atoms with Crippen LogP contribution in [0.5, 0.6) is 0 Å². The van der Waals surface area contributed by atoms with Crippen molar-refractivity contribution in [3.63, 3.8) is 0 Å². The van der Waals surface area contributed by atoms with Crippen LogP contribution in [0, 0.1) is 11.6 Å². The first-order valence-electron chi connectivity index (χ1n) is 11.0. The molecule has 5 nitrogen and oxygen atoms in total. The van der Waals surface area contributed by atoms with Gasteiger partial charge in [-0.2, -0.15) is 31.4 Å². The van der Waals surface area contributed by atoms with Gasteiger partial charge >= 0.3 is 12.4 Å². The predicted molar refractivity (Wildman–Crippen MR) is 126 cm³/mol.